The van der Waals surface area contributed by atoms with Crippen molar-refractivity contribution in [2.24, 2.45) is 0 Å². The van der Waals surface area contributed by atoms with Crippen LogP contribution in [0.15, 0.2) is 87.1 Å². The summed E-state index contributed by atoms with van der Waals surface area (Å²) < 4.78 is 16.4. The van der Waals surface area contributed by atoms with E-state index in [0.29, 0.717) is 17.1 Å². The number of aryl methyl sites for hydroxylation is 2. The molecule has 176 valence electrons. The molecule has 8 heteroatoms. The highest BCUT2D eigenvalue weighted by molar-refractivity contribution is 7.99. The minimum atomic E-state index is -0.603. The van der Waals surface area contributed by atoms with Gasteiger partial charge in [-0.25, -0.2) is 4.79 Å². The van der Waals surface area contributed by atoms with Gasteiger partial charge in [0.2, 0.25) is 0 Å². The highest BCUT2D eigenvalue weighted by atomic mass is 32.2. The zero-order chi connectivity index (χ0) is 24.4. The maximum atomic E-state index is 13.2. The molecule has 0 radical (unpaired) electrons. The molecule has 0 N–H and O–H groups in total. The van der Waals surface area contributed by atoms with E-state index in [1.165, 1.54) is 0 Å². The number of ether oxygens (including phenoxy) is 2. The smallest absolute Gasteiger partial charge is 0.338 e. The van der Waals surface area contributed by atoms with Crippen molar-refractivity contribution in [3.05, 3.63) is 95.4 Å². The zero-order valence-corrected chi connectivity index (χ0v) is 20.0. The van der Waals surface area contributed by atoms with Crippen molar-refractivity contribution in [2.75, 3.05) is 11.5 Å². The molecule has 0 atom stereocenters. The summed E-state index contributed by atoms with van der Waals surface area (Å²) in [6.07, 6.45) is 0. The molecule has 0 spiro atoms. The van der Waals surface area contributed by atoms with Gasteiger partial charge in [-0.05, 0) is 56.3 Å². The summed E-state index contributed by atoms with van der Waals surface area (Å²) in [5.41, 5.74) is 3.46. The zero-order valence-electron chi connectivity index (χ0n) is 19.2. The van der Waals surface area contributed by atoms with E-state index in [4.69, 9.17) is 14.0 Å². The summed E-state index contributed by atoms with van der Waals surface area (Å²) in [5.74, 6) is 0.260. The van der Waals surface area contributed by atoms with Crippen LogP contribution >= 0.6 is 11.8 Å². The predicted molar refractivity (Wildman–Crippen MR) is 131 cm³/mol. The number of rotatable bonds is 6. The van der Waals surface area contributed by atoms with Gasteiger partial charge in [-0.15, -0.1) is 0 Å². The Labute approximate surface area is 206 Å². The number of para-hydroxylation sites is 2. The number of carbonyl (C=O) groups is 2. The number of esters is 1. The molecule has 4 aromatic rings. The Kier molecular flexibility index (Phi) is 6.29. The third-order valence-corrected chi connectivity index (χ3v) is 6.77. The number of anilines is 2. The second-order valence-corrected chi connectivity index (χ2v) is 9.05. The molecular formula is C27H22N2O5S. The van der Waals surface area contributed by atoms with Crippen LogP contribution in [0.3, 0.4) is 0 Å². The first-order valence-corrected chi connectivity index (χ1v) is 11.8. The van der Waals surface area contributed by atoms with Crippen LogP contribution < -0.4 is 9.64 Å². The van der Waals surface area contributed by atoms with E-state index in [9.17, 15) is 9.59 Å². The van der Waals surface area contributed by atoms with Gasteiger partial charge in [0.25, 0.3) is 5.91 Å². The third kappa shape index (κ3) is 4.65. The number of benzene rings is 3. The minimum absolute atomic E-state index is 0.268. The van der Waals surface area contributed by atoms with Gasteiger partial charge in [0.1, 0.15) is 18.1 Å². The van der Waals surface area contributed by atoms with Crippen LogP contribution in [-0.4, -0.2) is 23.6 Å². The fourth-order valence-electron chi connectivity index (χ4n) is 3.82. The number of hydrogen-bond donors (Lipinski definition) is 0. The summed E-state index contributed by atoms with van der Waals surface area (Å²) in [6.45, 7) is 3.54. The first-order chi connectivity index (χ1) is 17.0. The van der Waals surface area contributed by atoms with E-state index in [2.05, 4.69) is 5.16 Å². The summed E-state index contributed by atoms with van der Waals surface area (Å²) >= 11 is 1.61. The monoisotopic (exact) mass is 486 g/mol. The topological polar surface area (TPSA) is 81.9 Å². The number of fused-ring (bicyclic) bond motifs is 2. The molecule has 0 fully saturated rings. The molecule has 2 heterocycles. The van der Waals surface area contributed by atoms with Crippen molar-refractivity contribution in [1.82, 2.24) is 5.16 Å². The van der Waals surface area contributed by atoms with Gasteiger partial charge in [-0.1, -0.05) is 47.3 Å². The first-order valence-electron chi connectivity index (χ1n) is 11.0. The van der Waals surface area contributed by atoms with E-state index in [1.54, 1.807) is 40.9 Å². The largest absolute Gasteiger partial charge is 0.489 e. The maximum Gasteiger partial charge on any atom is 0.338 e. The van der Waals surface area contributed by atoms with Crippen LogP contribution in [0, 0.1) is 13.8 Å². The lowest BCUT2D eigenvalue weighted by Gasteiger charge is -2.30. The molecule has 1 aromatic heterocycles. The van der Waals surface area contributed by atoms with Gasteiger partial charge >= 0.3 is 5.97 Å². The van der Waals surface area contributed by atoms with Crippen LogP contribution in [0.1, 0.15) is 27.4 Å². The number of carbonyl (C=O) groups excluding carboxylic acids is 2. The first kappa shape index (κ1) is 22.7. The van der Waals surface area contributed by atoms with Gasteiger partial charge in [-0.2, -0.15) is 0 Å². The lowest BCUT2D eigenvalue weighted by molar-refractivity contribution is -0.121. The number of nitrogens with zero attached hydrogens (tertiary/aromatic N) is 2. The lowest BCUT2D eigenvalue weighted by Crippen LogP contribution is -2.32. The Bertz CT molecular complexity index is 1350. The Morgan fingerprint density at radius 2 is 1.63 bits per heavy atom. The average Bonchev–Trinajstić information content (AvgIpc) is 3.21. The van der Waals surface area contributed by atoms with Crippen LogP contribution in [0.5, 0.6) is 5.75 Å². The number of amides is 1. The van der Waals surface area contributed by atoms with Crippen molar-refractivity contribution < 1.29 is 23.6 Å². The summed E-state index contributed by atoms with van der Waals surface area (Å²) in [7, 11) is 0. The molecule has 0 bridgehead atoms. The Morgan fingerprint density at radius 3 is 2.29 bits per heavy atom. The summed E-state index contributed by atoms with van der Waals surface area (Å²) in [6, 6.07) is 22.0. The molecule has 35 heavy (non-hydrogen) atoms. The van der Waals surface area contributed by atoms with Gasteiger partial charge in [0, 0.05) is 9.79 Å². The van der Waals surface area contributed by atoms with Gasteiger partial charge in [0.05, 0.1) is 28.2 Å². The van der Waals surface area contributed by atoms with Crippen molar-refractivity contribution >= 4 is 35.0 Å². The summed E-state index contributed by atoms with van der Waals surface area (Å²) in [4.78, 5) is 29.5. The molecule has 1 amide bonds. The van der Waals surface area contributed by atoms with Crippen molar-refractivity contribution in [3.63, 3.8) is 0 Å². The quantitative estimate of drug-likeness (QED) is 0.316. The molecule has 0 saturated heterocycles. The predicted octanol–water partition coefficient (Wildman–Crippen LogP) is 5.86. The molecule has 0 unspecified atom stereocenters. The minimum Gasteiger partial charge on any atom is -0.489 e. The Morgan fingerprint density at radius 1 is 0.943 bits per heavy atom. The van der Waals surface area contributed by atoms with E-state index in [0.717, 1.165) is 32.4 Å². The maximum absolute atomic E-state index is 13.2. The molecule has 0 saturated carbocycles. The second kappa shape index (κ2) is 9.68. The Hall–Kier alpha value is -4.04. The molecule has 1 aliphatic rings. The van der Waals surface area contributed by atoms with Gasteiger partial charge in [0.15, 0.2) is 6.61 Å². The lowest BCUT2D eigenvalue weighted by atomic mass is 10.2. The van der Waals surface area contributed by atoms with E-state index >= 15 is 0 Å². The molecule has 1 aliphatic heterocycles. The molecule has 0 aliphatic carbocycles. The average molecular weight is 487 g/mol. The van der Waals surface area contributed by atoms with E-state index in [1.807, 2.05) is 62.4 Å². The van der Waals surface area contributed by atoms with Crippen molar-refractivity contribution in [2.45, 2.75) is 30.2 Å². The van der Waals surface area contributed by atoms with Crippen LogP contribution in [0.4, 0.5) is 11.4 Å². The highest BCUT2D eigenvalue weighted by Crippen LogP contribution is 2.47. The number of hydrogen-bond acceptors (Lipinski definition) is 7. The molecule has 7 nitrogen and oxygen atoms in total. The fraction of sp³-hybridized carbons (Fsp3) is 0.148. The van der Waals surface area contributed by atoms with E-state index < -0.39 is 12.6 Å². The second-order valence-electron chi connectivity index (χ2n) is 7.96. The summed E-state index contributed by atoms with van der Waals surface area (Å²) in [5, 5.41) is 3.92. The highest BCUT2D eigenvalue weighted by Gasteiger charge is 2.28. The third-order valence-electron chi connectivity index (χ3n) is 5.64. The van der Waals surface area contributed by atoms with Crippen LogP contribution in [-0.2, 0) is 16.1 Å². The van der Waals surface area contributed by atoms with Gasteiger partial charge < -0.3 is 14.0 Å². The molecular weight excluding hydrogens is 464 g/mol. The van der Waals surface area contributed by atoms with Crippen LogP contribution in [0.2, 0.25) is 0 Å². The standard InChI is InChI=1S/C27H22N2O5S/c1-17-21(18(2)34-28-17)15-32-20-9-7-8-19(14-20)27(31)33-16-26(30)29-22-10-3-5-12-24(22)35-25-13-6-4-11-23(25)29/h3-14H,15-16H2,1-2H3. The Balaban J connectivity index is 1.27. The normalized spacial score (nSPS) is 12.0. The van der Waals surface area contributed by atoms with Crippen molar-refractivity contribution in [3.8, 4) is 5.75 Å². The van der Waals surface area contributed by atoms with E-state index in [-0.39, 0.29) is 12.5 Å². The van der Waals surface area contributed by atoms with Gasteiger partial charge in [-0.3, -0.25) is 9.69 Å². The molecule has 5 rings (SSSR count). The van der Waals surface area contributed by atoms with Crippen LogP contribution in [0.25, 0.3) is 0 Å². The fourth-order valence-corrected chi connectivity index (χ4v) is 4.88. The number of aromatic nitrogens is 1. The molecule has 3 aromatic carbocycles. The SMILES string of the molecule is Cc1noc(C)c1COc1cccc(C(=O)OCC(=O)N2c3ccccc3Sc3ccccc32)c1. The van der Waals surface area contributed by atoms with Crippen molar-refractivity contribution in [1.29, 1.82) is 0 Å².